The molecule has 0 aromatic carbocycles. The van der Waals surface area contributed by atoms with E-state index in [4.69, 9.17) is 4.74 Å². The average molecular weight is 288 g/mol. The Bertz CT molecular complexity index is 463. The number of anilines is 1. The van der Waals surface area contributed by atoms with E-state index in [2.05, 4.69) is 9.88 Å². The van der Waals surface area contributed by atoms with Crippen molar-refractivity contribution in [1.29, 1.82) is 0 Å². The molecule has 1 aromatic rings. The minimum absolute atomic E-state index is 0.355. The van der Waals surface area contributed by atoms with Crippen molar-refractivity contribution in [2.45, 2.75) is 13.8 Å². The van der Waals surface area contributed by atoms with Gasteiger partial charge in [-0.05, 0) is 13.8 Å². The van der Waals surface area contributed by atoms with Crippen LogP contribution >= 0.6 is 11.3 Å². The van der Waals surface area contributed by atoms with Crippen LogP contribution < -0.4 is 4.90 Å². The number of aromatic nitrogens is 1. The molecule has 1 aromatic heterocycles. The van der Waals surface area contributed by atoms with Gasteiger partial charge in [-0.25, -0.2) is 9.78 Å². The SMILES string of the molecule is CCOC(=O)c1nc(N2CCS(=O)CC2)sc1C. The van der Waals surface area contributed by atoms with Crippen LogP contribution in [0.25, 0.3) is 0 Å². The number of hydrogen-bond acceptors (Lipinski definition) is 6. The van der Waals surface area contributed by atoms with Crippen LogP contribution in [0.3, 0.4) is 0 Å². The molecule has 5 nitrogen and oxygen atoms in total. The summed E-state index contributed by atoms with van der Waals surface area (Å²) in [5.74, 6) is 0.985. The second kappa shape index (κ2) is 5.79. The molecule has 1 fully saturated rings. The molecule has 0 saturated carbocycles. The number of aryl methyl sites for hydroxylation is 1. The van der Waals surface area contributed by atoms with Gasteiger partial charge in [0.2, 0.25) is 0 Å². The predicted molar refractivity (Wildman–Crippen MR) is 72.9 cm³/mol. The molecular weight excluding hydrogens is 272 g/mol. The molecule has 2 rings (SSSR count). The first kappa shape index (κ1) is 13.5. The summed E-state index contributed by atoms with van der Waals surface area (Å²) in [6.45, 7) is 5.48. The molecule has 0 aliphatic carbocycles. The first-order valence-corrected chi connectivity index (χ1v) is 8.16. The summed E-state index contributed by atoms with van der Waals surface area (Å²) in [6, 6.07) is 0. The standard InChI is InChI=1S/C11H16N2O3S2/c1-3-16-10(14)9-8(2)17-11(12-9)13-4-6-18(15)7-5-13/h3-7H2,1-2H3. The van der Waals surface area contributed by atoms with Gasteiger partial charge in [0.05, 0.1) is 6.61 Å². The number of carbonyl (C=O) groups excluding carboxylic acids is 1. The summed E-state index contributed by atoms with van der Waals surface area (Å²) in [6.07, 6.45) is 0. The van der Waals surface area contributed by atoms with Crippen LogP contribution in [-0.2, 0) is 15.5 Å². The Labute approximate surface area is 113 Å². The molecule has 100 valence electrons. The fourth-order valence-corrected chi connectivity index (χ4v) is 3.74. The van der Waals surface area contributed by atoms with E-state index in [1.165, 1.54) is 11.3 Å². The van der Waals surface area contributed by atoms with Crippen LogP contribution in [0.15, 0.2) is 0 Å². The molecule has 0 amide bonds. The summed E-state index contributed by atoms with van der Waals surface area (Å²) in [7, 11) is -0.701. The highest BCUT2D eigenvalue weighted by Crippen LogP contribution is 2.27. The van der Waals surface area contributed by atoms with Crippen LogP contribution in [0.2, 0.25) is 0 Å². The van der Waals surface area contributed by atoms with Crippen molar-refractivity contribution in [3.63, 3.8) is 0 Å². The van der Waals surface area contributed by atoms with Gasteiger partial charge in [-0.2, -0.15) is 0 Å². The van der Waals surface area contributed by atoms with Crippen LogP contribution in [0, 0.1) is 6.92 Å². The maximum absolute atomic E-state index is 11.7. The number of nitrogens with zero attached hydrogens (tertiary/aromatic N) is 2. The second-order valence-corrected chi connectivity index (χ2v) is 6.83. The third kappa shape index (κ3) is 2.89. The van der Waals surface area contributed by atoms with E-state index in [-0.39, 0.29) is 5.97 Å². The predicted octanol–water partition coefficient (Wildman–Crippen LogP) is 1.20. The van der Waals surface area contributed by atoms with Crippen LogP contribution in [0.5, 0.6) is 0 Å². The topological polar surface area (TPSA) is 59.5 Å². The lowest BCUT2D eigenvalue weighted by atomic mass is 10.4. The Hall–Kier alpha value is -0.950. The van der Waals surface area contributed by atoms with Crippen molar-refractivity contribution in [2.75, 3.05) is 36.1 Å². The quantitative estimate of drug-likeness (QED) is 0.782. The molecule has 0 bridgehead atoms. The van der Waals surface area contributed by atoms with Crippen molar-refractivity contribution >= 4 is 33.2 Å². The van der Waals surface area contributed by atoms with Gasteiger partial charge in [0.1, 0.15) is 0 Å². The summed E-state index contributed by atoms with van der Waals surface area (Å²) >= 11 is 1.49. The maximum atomic E-state index is 11.7. The number of carbonyl (C=O) groups is 1. The molecule has 18 heavy (non-hydrogen) atoms. The number of ether oxygens (including phenoxy) is 1. The summed E-state index contributed by atoms with van der Waals surface area (Å²) in [5.41, 5.74) is 0.406. The van der Waals surface area contributed by atoms with E-state index in [1.54, 1.807) is 6.92 Å². The number of hydrogen-bond donors (Lipinski definition) is 0. The van der Waals surface area contributed by atoms with Gasteiger partial charge in [-0.15, -0.1) is 11.3 Å². The molecule has 7 heteroatoms. The van der Waals surface area contributed by atoms with E-state index in [1.807, 2.05) is 6.92 Å². The van der Waals surface area contributed by atoms with Gasteiger partial charge in [-0.1, -0.05) is 0 Å². The van der Waals surface area contributed by atoms with Gasteiger partial charge >= 0.3 is 5.97 Å². The molecule has 0 radical (unpaired) electrons. The van der Waals surface area contributed by atoms with E-state index in [0.717, 1.165) is 23.1 Å². The van der Waals surface area contributed by atoms with E-state index in [9.17, 15) is 9.00 Å². The normalized spacial score (nSPS) is 16.9. The minimum Gasteiger partial charge on any atom is -0.461 e. The molecule has 1 saturated heterocycles. The molecule has 1 aliphatic rings. The zero-order valence-corrected chi connectivity index (χ0v) is 12.1. The van der Waals surface area contributed by atoms with Crippen molar-refractivity contribution < 1.29 is 13.7 Å². The number of rotatable bonds is 3. The van der Waals surface area contributed by atoms with Gasteiger partial charge in [0, 0.05) is 40.3 Å². The summed E-state index contributed by atoms with van der Waals surface area (Å²) < 4.78 is 16.3. The van der Waals surface area contributed by atoms with E-state index in [0.29, 0.717) is 23.8 Å². The van der Waals surface area contributed by atoms with Crippen LogP contribution in [0.1, 0.15) is 22.3 Å². The lowest BCUT2D eigenvalue weighted by molar-refractivity contribution is 0.0519. The Morgan fingerprint density at radius 2 is 2.17 bits per heavy atom. The Morgan fingerprint density at radius 3 is 2.78 bits per heavy atom. The molecule has 0 unspecified atom stereocenters. The van der Waals surface area contributed by atoms with E-state index >= 15 is 0 Å². The van der Waals surface area contributed by atoms with Gasteiger partial charge in [0.25, 0.3) is 0 Å². The Balaban J connectivity index is 2.13. The fourth-order valence-electron chi connectivity index (χ4n) is 1.74. The molecule has 2 heterocycles. The highest BCUT2D eigenvalue weighted by molar-refractivity contribution is 7.85. The van der Waals surface area contributed by atoms with Gasteiger partial charge in [-0.3, -0.25) is 4.21 Å². The summed E-state index contributed by atoms with van der Waals surface area (Å²) in [5, 5.41) is 0.826. The highest BCUT2D eigenvalue weighted by atomic mass is 32.2. The fraction of sp³-hybridized carbons (Fsp3) is 0.636. The van der Waals surface area contributed by atoms with E-state index < -0.39 is 10.8 Å². The zero-order valence-electron chi connectivity index (χ0n) is 10.5. The number of thiazole rings is 1. The number of esters is 1. The highest BCUT2D eigenvalue weighted by Gasteiger charge is 2.22. The summed E-state index contributed by atoms with van der Waals surface area (Å²) in [4.78, 5) is 19.0. The lowest BCUT2D eigenvalue weighted by Gasteiger charge is -2.25. The van der Waals surface area contributed by atoms with Crippen molar-refractivity contribution in [3.05, 3.63) is 10.6 Å². The molecule has 0 N–H and O–H groups in total. The first-order chi connectivity index (χ1) is 8.61. The molecule has 0 spiro atoms. The monoisotopic (exact) mass is 288 g/mol. The van der Waals surface area contributed by atoms with Crippen LogP contribution in [-0.4, -0.2) is 46.4 Å². The largest absolute Gasteiger partial charge is 0.461 e. The van der Waals surface area contributed by atoms with Crippen molar-refractivity contribution in [2.24, 2.45) is 0 Å². The Morgan fingerprint density at radius 1 is 1.50 bits per heavy atom. The van der Waals surface area contributed by atoms with Crippen LogP contribution in [0.4, 0.5) is 5.13 Å². The molecule has 0 atom stereocenters. The molecular formula is C11H16N2O3S2. The third-order valence-electron chi connectivity index (χ3n) is 2.70. The van der Waals surface area contributed by atoms with Gasteiger partial charge < -0.3 is 9.64 Å². The second-order valence-electron chi connectivity index (χ2n) is 3.96. The van der Waals surface area contributed by atoms with Crippen molar-refractivity contribution in [3.8, 4) is 0 Å². The lowest BCUT2D eigenvalue weighted by Crippen LogP contribution is -2.37. The minimum atomic E-state index is -0.701. The Kier molecular flexibility index (Phi) is 4.34. The van der Waals surface area contributed by atoms with Gasteiger partial charge in [0.15, 0.2) is 10.8 Å². The maximum Gasteiger partial charge on any atom is 0.358 e. The average Bonchev–Trinajstić information content (AvgIpc) is 2.72. The first-order valence-electron chi connectivity index (χ1n) is 5.86. The molecule has 1 aliphatic heterocycles. The smallest absolute Gasteiger partial charge is 0.358 e. The van der Waals surface area contributed by atoms with Crippen molar-refractivity contribution in [1.82, 2.24) is 4.98 Å². The zero-order chi connectivity index (χ0) is 13.1. The third-order valence-corrected chi connectivity index (χ3v) is 5.01.